The number of Topliss-reactive ketones (excluding diaryl/α,β-unsaturated/α-hetero) is 1. The van der Waals surface area contributed by atoms with Crippen LogP contribution in [0.2, 0.25) is 0 Å². The second-order valence-electron chi connectivity index (χ2n) is 8.09. The van der Waals surface area contributed by atoms with Crippen LogP contribution in [-0.4, -0.2) is 29.2 Å². The Bertz CT molecular complexity index is 966. The van der Waals surface area contributed by atoms with Gasteiger partial charge in [-0.3, -0.25) is 14.5 Å². The third kappa shape index (κ3) is 3.24. The number of nitrogens with one attached hydrogen (secondary N) is 1. The maximum atomic E-state index is 13.3. The zero-order chi connectivity index (χ0) is 20.6. The number of ketones is 1. The van der Waals surface area contributed by atoms with Crippen LogP contribution in [0.5, 0.6) is 0 Å². The minimum atomic E-state index is -1.04. The van der Waals surface area contributed by atoms with Crippen LogP contribution in [0.1, 0.15) is 66.1 Å². The summed E-state index contributed by atoms with van der Waals surface area (Å²) in [6, 6.07) is 14.7. The highest BCUT2D eigenvalue weighted by atomic mass is 16.2. The monoisotopic (exact) mass is 390 g/mol. The standard InChI is InChI=1S/C24H26N2O3/c1-3-16(2)17-10-12-19(13-11-17)21(27)15-26-22(28)24(25-23(26)29)14-6-8-18-7-4-5-9-20(18)24/h4-5,7,9-13,16H,3,6,8,14-15H2,1-2H3,(H,25,29)/t16-,24+/m1/s1. The van der Waals surface area contributed by atoms with Crippen LogP contribution >= 0.6 is 0 Å². The molecule has 5 nitrogen and oxygen atoms in total. The third-order valence-corrected chi connectivity index (χ3v) is 6.37. The smallest absolute Gasteiger partial charge is 0.319 e. The molecular weight excluding hydrogens is 364 g/mol. The topological polar surface area (TPSA) is 66.5 Å². The Labute approximate surface area is 171 Å². The molecule has 29 heavy (non-hydrogen) atoms. The van der Waals surface area contributed by atoms with Crippen LogP contribution in [0.3, 0.4) is 0 Å². The molecule has 0 bridgehead atoms. The summed E-state index contributed by atoms with van der Waals surface area (Å²) in [5.74, 6) is -0.124. The second kappa shape index (κ2) is 7.47. The number of aryl methyl sites for hydroxylation is 1. The molecule has 1 N–H and O–H groups in total. The van der Waals surface area contributed by atoms with Crippen LogP contribution in [0, 0.1) is 0 Å². The van der Waals surface area contributed by atoms with Crippen molar-refractivity contribution in [1.29, 1.82) is 0 Å². The average molecular weight is 390 g/mol. The van der Waals surface area contributed by atoms with Crippen molar-refractivity contribution >= 4 is 17.7 Å². The Hall–Kier alpha value is -2.95. The predicted molar refractivity (Wildman–Crippen MR) is 111 cm³/mol. The number of benzene rings is 2. The first-order valence-electron chi connectivity index (χ1n) is 10.3. The maximum Gasteiger partial charge on any atom is 0.325 e. The molecule has 0 saturated carbocycles. The maximum absolute atomic E-state index is 13.3. The lowest BCUT2D eigenvalue weighted by atomic mass is 9.76. The van der Waals surface area contributed by atoms with E-state index in [4.69, 9.17) is 0 Å². The first-order chi connectivity index (χ1) is 14.0. The van der Waals surface area contributed by atoms with E-state index in [9.17, 15) is 14.4 Å². The molecule has 0 radical (unpaired) electrons. The van der Waals surface area contributed by atoms with E-state index in [1.807, 2.05) is 36.4 Å². The molecule has 1 spiro atoms. The number of amides is 3. The Kier molecular flexibility index (Phi) is 4.99. The van der Waals surface area contributed by atoms with Crippen LogP contribution in [-0.2, 0) is 16.8 Å². The molecule has 5 heteroatoms. The van der Waals surface area contributed by atoms with Crippen molar-refractivity contribution in [2.75, 3.05) is 6.54 Å². The van der Waals surface area contributed by atoms with E-state index in [0.717, 1.165) is 35.3 Å². The van der Waals surface area contributed by atoms with Gasteiger partial charge >= 0.3 is 6.03 Å². The zero-order valence-electron chi connectivity index (χ0n) is 16.9. The van der Waals surface area contributed by atoms with Gasteiger partial charge in [0.15, 0.2) is 5.78 Å². The number of carbonyl (C=O) groups is 3. The minimum Gasteiger partial charge on any atom is -0.319 e. The van der Waals surface area contributed by atoms with Gasteiger partial charge in [-0.2, -0.15) is 0 Å². The lowest BCUT2D eigenvalue weighted by Gasteiger charge is -2.33. The van der Waals surface area contributed by atoms with E-state index in [2.05, 4.69) is 19.2 Å². The molecule has 0 aromatic heterocycles. The van der Waals surface area contributed by atoms with Crippen molar-refractivity contribution in [1.82, 2.24) is 10.2 Å². The fourth-order valence-electron chi connectivity index (χ4n) is 4.42. The van der Waals surface area contributed by atoms with Gasteiger partial charge in [0.25, 0.3) is 5.91 Å². The van der Waals surface area contributed by atoms with Gasteiger partial charge in [0.1, 0.15) is 5.54 Å². The Balaban J connectivity index is 1.56. The SMILES string of the molecule is CC[C@@H](C)c1ccc(C(=O)CN2C(=O)N[C@]3(CCCc4ccccc43)C2=O)cc1. The summed E-state index contributed by atoms with van der Waals surface area (Å²) < 4.78 is 0. The van der Waals surface area contributed by atoms with E-state index in [0.29, 0.717) is 17.9 Å². The van der Waals surface area contributed by atoms with E-state index in [1.165, 1.54) is 5.56 Å². The molecule has 150 valence electrons. The van der Waals surface area contributed by atoms with Gasteiger partial charge in [0.05, 0.1) is 6.54 Å². The molecule has 2 aromatic rings. The number of fused-ring (bicyclic) bond motifs is 2. The first-order valence-corrected chi connectivity index (χ1v) is 10.3. The normalized spacial score (nSPS) is 21.8. The number of carbonyl (C=O) groups excluding carboxylic acids is 3. The molecule has 0 unspecified atom stereocenters. The summed E-state index contributed by atoms with van der Waals surface area (Å²) >= 11 is 0. The third-order valence-electron chi connectivity index (χ3n) is 6.37. The zero-order valence-corrected chi connectivity index (χ0v) is 16.9. The van der Waals surface area contributed by atoms with Gasteiger partial charge in [-0.1, -0.05) is 62.4 Å². The molecule has 3 amide bonds. The highest BCUT2D eigenvalue weighted by Crippen LogP contribution is 2.39. The molecular formula is C24H26N2O3. The largest absolute Gasteiger partial charge is 0.325 e. The van der Waals surface area contributed by atoms with Crippen LogP contribution in [0.4, 0.5) is 4.79 Å². The van der Waals surface area contributed by atoms with Gasteiger partial charge in [-0.15, -0.1) is 0 Å². The molecule has 1 aliphatic carbocycles. The summed E-state index contributed by atoms with van der Waals surface area (Å²) in [5.41, 5.74) is 2.60. The van der Waals surface area contributed by atoms with Crippen LogP contribution < -0.4 is 5.32 Å². The van der Waals surface area contributed by atoms with Crippen LogP contribution in [0.15, 0.2) is 48.5 Å². The predicted octanol–water partition coefficient (Wildman–Crippen LogP) is 4.17. The van der Waals surface area contributed by atoms with Crippen LogP contribution in [0.25, 0.3) is 0 Å². The molecule has 4 rings (SSSR count). The highest BCUT2D eigenvalue weighted by Gasteiger charge is 2.54. The van der Waals surface area contributed by atoms with Gasteiger partial charge in [-0.05, 0) is 48.3 Å². The summed E-state index contributed by atoms with van der Waals surface area (Å²) in [7, 11) is 0. The number of hydrogen-bond acceptors (Lipinski definition) is 3. The Morgan fingerprint density at radius 1 is 1.14 bits per heavy atom. The fourth-order valence-corrected chi connectivity index (χ4v) is 4.42. The highest BCUT2D eigenvalue weighted by molar-refractivity contribution is 6.11. The van der Waals surface area contributed by atoms with Crippen molar-refractivity contribution in [3.63, 3.8) is 0 Å². The number of rotatable bonds is 5. The molecule has 2 aromatic carbocycles. The Morgan fingerprint density at radius 2 is 1.86 bits per heavy atom. The molecule has 1 fully saturated rings. The van der Waals surface area contributed by atoms with Crippen molar-refractivity contribution in [3.8, 4) is 0 Å². The van der Waals surface area contributed by atoms with E-state index in [1.54, 1.807) is 12.1 Å². The molecule has 1 saturated heterocycles. The molecule has 2 atom stereocenters. The van der Waals surface area contributed by atoms with Crippen molar-refractivity contribution in [2.45, 2.75) is 51.0 Å². The number of nitrogens with zero attached hydrogens (tertiary/aromatic N) is 1. The number of hydrogen-bond donors (Lipinski definition) is 1. The Morgan fingerprint density at radius 3 is 2.59 bits per heavy atom. The fraction of sp³-hybridized carbons (Fsp3) is 0.375. The lowest BCUT2D eigenvalue weighted by Crippen LogP contribution is -2.46. The van der Waals surface area contributed by atoms with Gasteiger partial charge in [-0.25, -0.2) is 4.79 Å². The lowest BCUT2D eigenvalue weighted by molar-refractivity contribution is -0.131. The minimum absolute atomic E-state index is 0.231. The number of urea groups is 1. The second-order valence-corrected chi connectivity index (χ2v) is 8.09. The number of imide groups is 1. The van der Waals surface area contributed by atoms with Crippen molar-refractivity contribution in [2.24, 2.45) is 0 Å². The van der Waals surface area contributed by atoms with E-state index >= 15 is 0 Å². The molecule has 2 aliphatic rings. The van der Waals surface area contributed by atoms with Gasteiger partial charge in [0, 0.05) is 5.56 Å². The quantitative estimate of drug-likeness (QED) is 0.616. The summed E-state index contributed by atoms with van der Waals surface area (Å²) in [6.45, 7) is 4.03. The summed E-state index contributed by atoms with van der Waals surface area (Å²) in [5, 5.41) is 2.90. The molecule has 1 aliphatic heterocycles. The first kappa shape index (κ1) is 19.4. The van der Waals surface area contributed by atoms with E-state index in [-0.39, 0.29) is 18.2 Å². The summed E-state index contributed by atoms with van der Waals surface area (Å²) in [4.78, 5) is 39.8. The van der Waals surface area contributed by atoms with Crippen molar-refractivity contribution in [3.05, 3.63) is 70.8 Å². The molecule has 1 heterocycles. The van der Waals surface area contributed by atoms with Gasteiger partial charge < -0.3 is 5.32 Å². The van der Waals surface area contributed by atoms with E-state index < -0.39 is 11.6 Å². The van der Waals surface area contributed by atoms with Gasteiger partial charge in [0.2, 0.25) is 0 Å². The summed E-state index contributed by atoms with van der Waals surface area (Å²) in [6.07, 6.45) is 3.30. The van der Waals surface area contributed by atoms with Crippen molar-refractivity contribution < 1.29 is 14.4 Å². The average Bonchev–Trinajstić information content (AvgIpc) is 2.98.